The number of carbonyl (C=O) groups excluding carboxylic acids is 2. The number of carbonyl (C=O) groups is 3. The van der Waals surface area contributed by atoms with Crippen molar-refractivity contribution in [3.05, 3.63) is 22.4 Å². The Kier molecular flexibility index (Phi) is 4.14. The van der Waals surface area contributed by atoms with Crippen molar-refractivity contribution in [2.75, 3.05) is 26.2 Å². The molecule has 0 unspecified atom stereocenters. The molecule has 2 saturated heterocycles. The second-order valence-electron chi connectivity index (χ2n) is 6.22. The van der Waals surface area contributed by atoms with Crippen molar-refractivity contribution in [2.24, 2.45) is 11.3 Å². The Hall–Kier alpha value is -1.89. The average Bonchev–Trinajstić information content (AvgIpc) is 3.21. The molecule has 0 saturated carbocycles. The van der Waals surface area contributed by atoms with E-state index in [2.05, 4.69) is 0 Å². The number of aliphatic carboxylic acids is 1. The van der Waals surface area contributed by atoms with Gasteiger partial charge in [-0.15, -0.1) is 11.3 Å². The van der Waals surface area contributed by atoms with Gasteiger partial charge in [0.05, 0.1) is 5.92 Å². The van der Waals surface area contributed by atoms with E-state index in [4.69, 9.17) is 0 Å². The third-order valence-corrected chi connectivity index (χ3v) is 5.89. The fraction of sp³-hybridized carbons (Fsp3) is 0.562. The quantitative estimate of drug-likeness (QED) is 0.872. The number of carboxylic acids is 1. The van der Waals surface area contributed by atoms with Gasteiger partial charge in [0, 0.05) is 37.5 Å². The predicted molar refractivity (Wildman–Crippen MR) is 85.0 cm³/mol. The van der Waals surface area contributed by atoms with Crippen LogP contribution in [0.5, 0.6) is 0 Å². The average molecular weight is 336 g/mol. The smallest absolute Gasteiger partial charge is 0.314 e. The molecule has 0 radical (unpaired) electrons. The van der Waals surface area contributed by atoms with E-state index in [-0.39, 0.29) is 31.4 Å². The molecule has 2 aliphatic rings. The predicted octanol–water partition coefficient (Wildman–Crippen LogP) is 1.07. The highest BCUT2D eigenvalue weighted by molar-refractivity contribution is 7.09. The van der Waals surface area contributed by atoms with Crippen molar-refractivity contribution in [3.63, 3.8) is 0 Å². The van der Waals surface area contributed by atoms with Crippen molar-refractivity contribution >= 4 is 29.1 Å². The Morgan fingerprint density at radius 3 is 2.78 bits per heavy atom. The van der Waals surface area contributed by atoms with Gasteiger partial charge in [0.25, 0.3) is 0 Å². The summed E-state index contributed by atoms with van der Waals surface area (Å²) in [6.07, 6.45) is 1.02. The second-order valence-corrected chi connectivity index (χ2v) is 7.25. The first-order chi connectivity index (χ1) is 11.0. The number of aryl methyl sites for hydroxylation is 1. The van der Waals surface area contributed by atoms with Crippen LogP contribution in [0.25, 0.3) is 0 Å². The first-order valence-corrected chi connectivity index (χ1v) is 8.68. The number of carboxylic acid groups (broad SMARTS) is 1. The van der Waals surface area contributed by atoms with Crippen LogP contribution >= 0.6 is 11.3 Å². The minimum Gasteiger partial charge on any atom is -0.481 e. The first kappa shape index (κ1) is 16.0. The third-order valence-electron chi connectivity index (χ3n) is 4.95. The van der Waals surface area contributed by atoms with E-state index in [0.29, 0.717) is 19.4 Å². The summed E-state index contributed by atoms with van der Waals surface area (Å²) in [5.74, 6) is -1.78. The number of fused-ring (bicyclic) bond motifs is 1. The molecule has 2 atom stereocenters. The van der Waals surface area contributed by atoms with E-state index in [0.717, 1.165) is 4.88 Å². The first-order valence-electron chi connectivity index (χ1n) is 7.80. The van der Waals surface area contributed by atoms with Gasteiger partial charge in [-0.2, -0.15) is 0 Å². The summed E-state index contributed by atoms with van der Waals surface area (Å²) in [5.41, 5.74) is -1.13. The van der Waals surface area contributed by atoms with E-state index >= 15 is 0 Å². The zero-order valence-electron chi connectivity index (χ0n) is 13.0. The molecule has 2 amide bonds. The minimum absolute atomic E-state index is 0.0655. The van der Waals surface area contributed by atoms with Crippen molar-refractivity contribution in [1.82, 2.24) is 9.80 Å². The number of nitrogens with zero attached hydrogens (tertiary/aromatic N) is 2. The van der Waals surface area contributed by atoms with E-state index in [1.807, 2.05) is 24.4 Å². The van der Waals surface area contributed by atoms with Crippen LogP contribution in [0.1, 0.15) is 18.2 Å². The van der Waals surface area contributed by atoms with Gasteiger partial charge < -0.3 is 14.9 Å². The SMILES string of the molecule is CCN1C[C@]2(C(=O)O)CN(C(=O)CCc3cccs3)C[C@@H]2C1=O. The molecule has 0 aromatic carbocycles. The van der Waals surface area contributed by atoms with Crippen LogP contribution in [0, 0.1) is 11.3 Å². The topological polar surface area (TPSA) is 77.9 Å². The van der Waals surface area contributed by atoms with Gasteiger partial charge in [0.15, 0.2) is 0 Å². The zero-order chi connectivity index (χ0) is 16.6. The summed E-state index contributed by atoms with van der Waals surface area (Å²) in [6, 6.07) is 3.93. The Morgan fingerprint density at radius 1 is 1.43 bits per heavy atom. The molecule has 1 aromatic rings. The highest BCUT2D eigenvalue weighted by Gasteiger charge is 2.62. The molecular formula is C16H20N2O4S. The maximum absolute atomic E-state index is 12.4. The van der Waals surface area contributed by atoms with Crippen LogP contribution in [0.2, 0.25) is 0 Å². The fourth-order valence-electron chi connectivity index (χ4n) is 3.61. The summed E-state index contributed by atoms with van der Waals surface area (Å²) in [5, 5.41) is 11.6. The zero-order valence-corrected chi connectivity index (χ0v) is 13.8. The monoisotopic (exact) mass is 336 g/mol. The molecule has 0 spiro atoms. The minimum atomic E-state index is -1.13. The molecule has 2 aliphatic heterocycles. The number of hydrogen-bond acceptors (Lipinski definition) is 4. The van der Waals surface area contributed by atoms with Gasteiger partial charge in [-0.25, -0.2) is 0 Å². The lowest BCUT2D eigenvalue weighted by atomic mass is 9.81. The Balaban J connectivity index is 1.70. The van der Waals surface area contributed by atoms with Gasteiger partial charge in [-0.1, -0.05) is 6.07 Å². The summed E-state index contributed by atoms with van der Waals surface area (Å²) in [4.78, 5) is 40.9. The molecule has 3 rings (SSSR count). The number of amides is 2. The number of thiophene rings is 1. The fourth-order valence-corrected chi connectivity index (χ4v) is 4.32. The van der Waals surface area contributed by atoms with Crippen LogP contribution in [0.15, 0.2) is 17.5 Å². The third kappa shape index (κ3) is 2.63. The maximum Gasteiger partial charge on any atom is 0.314 e. The molecule has 6 nitrogen and oxygen atoms in total. The molecule has 0 bridgehead atoms. The van der Waals surface area contributed by atoms with Crippen molar-refractivity contribution in [1.29, 1.82) is 0 Å². The Labute approximate surface area is 138 Å². The summed E-state index contributed by atoms with van der Waals surface area (Å²) in [7, 11) is 0. The second kappa shape index (κ2) is 5.96. The molecule has 7 heteroatoms. The van der Waals surface area contributed by atoms with Crippen molar-refractivity contribution < 1.29 is 19.5 Å². The van der Waals surface area contributed by atoms with Crippen molar-refractivity contribution in [2.45, 2.75) is 19.8 Å². The van der Waals surface area contributed by atoms with Crippen LogP contribution in [-0.2, 0) is 20.8 Å². The molecular weight excluding hydrogens is 316 g/mol. The summed E-state index contributed by atoms with van der Waals surface area (Å²) in [6.45, 7) is 2.93. The standard InChI is InChI=1S/C16H20N2O4S/c1-2-17-9-16(15(21)22)10-18(8-12(16)14(17)20)13(19)6-5-11-4-3-7-23-11/h3-4,7,12H,2,5-6,8-10H2,1H3,(H,21,22)/t12-,16+/m1/s1. The normalized spacial score (nSPS) is 26.7. The lowest BCUT2D eigenvalue weighted by Crippen LogP contribution is -2.42. The molecule has 124 valence electrons. The Morgan fingerprint density at radius 2 is 2.22 bits per heavy atom. The lowest BCUT2D eigenvalue weighted by molar-refractivity contribution is -0.150. The highest BCUT2D eigenvalue weighted by Crippen LogP contribution is 2.43. The molecule has 0 aliphatic carbocycles. The van der Waals surface area contributed by atoms with E-state index in [1.54, 1.807) is 21.1 Å². The van der Waals surface area contributed by atoms with Gasteiger partial charge in [-0.05, 0) is 24.8 Å². The van der Waals surface area contributed by atoms with Crippen molar-refractivity contribution in [3.8, 4) is 0 Å². The number of likely N-dealkylation sites (tertiary alicyclic amines) is 2. The number of hydrogen-bond donors (Lipinski definition) is 1. The van der Waals surface area contributed by atoms with Gasteiger partial charge in [-0.3, -0.25) is 14.4 Å². The molecule has 1 N–H and O–H groups in total. The largest absolute Gasteiger partial charge is 0.481 e. The highest BCUT2D eigenvalue weighted by atomic mass is 32.1. The molecule has 3 heterocycles. The Bertz CT molecular complexity index is 630. The van der Waals surface area contributed by atoms with Crippen LogP contribution in [-0.4, -0.2) is 58.9 Å². The number of rotatable bonds is 5. The van der Waals surface area contributed by atoms with Gasteiger partial charge >= 0.3 is 5.97 Å². The lowest BCUT2D eigenvalue weighted by Gasteiger charge is -2.24. The van der Waals surface area contributed by atoms with E-state index in [1.165, 1.54) is 0 Å². The molecule has 2 fully saturated rings. The van der Waals surface area contributed by atoms with Gasteiger partial charge in [0.2, 0.25) is 11.8 Å². The summed E-state index contributed by atoms with van der Waals surface area (Å²) < 4.78 is 0. The van der Waals surface area contributed by atoms with E-state index in [9.17, 15) is 19.5 Å². The van der Waals surface area contributed by atoms with Gasteiger partial charge in [0.1, 0.15) is 5.41 Å². The van der Waals surface area contributed by atoms with Crippen LogP contribution in [0.3, 0.4) is 0 Å². The molecule has 23 heavy (non-hydrogen) atoms. The van der Waals surface area contributed by atoms with Crippen LogP contribution < -0.4 is 0 Å². The maximum atomic E-state index is 12.4. The van der Waals surface area contributed by atoms with Crippen LogP contribution in [0.4, 0.5) is 0 Å². The van der Waals surface area contributed by atoms with E-state index < -0.39 is 17.3 Å². The summed E-state index contributed by atoms with van der Waals surface area (Å²) >= 11 is 1.61. The molecule has 1 aromatic heterocycles.